The molecule has 3 heteroatoms. The van der Waals surface area contributed by atoms with Crippen LogP contribution in [-0.4, -0.2) is 15.2 Å². The number of ketones is 1. The molecular formula is C15H15BrO2. The second kappa shape index (κ2) is 4.73. The summed E-state index contributed by atoms with van der Waals surface area (Å²) in [6.07, 6.45) is 0.393. The van der Waals surface area contributed by atoms with E-state index >= 15 is 0 Å². The van der Waals surface area contributed by atoms with E-state index in [2.05, 4.69) is 15.9 Å². The first-order chi connectivity index (χ1) is 8.38. The molecule has 0 saturated carbocycles. The van der Waals surface area contributed by atoms with Gasteiger partial charge in [-0.1, -0.05) is 46.3 Å². The summed E-state index contributed by atoms with van der Waals surface area (Å²) in [5, 5.41) is 11.5. The number of hydrogen-bond donors (Lipinski definition) is 1. The average molecular weight is 307 g/mol. The van der Waals surface area contributed by atoms with E-state index in [4.69, 9.17) is 0 Å². The highest BCUT2D eigenvalue weighted by Gasteiger charge is 2.23. The summed E-state index contributed by atoms with van der Waals surface area (Å²) >= 11 is 3.37. The fourth-order valence-corrected chi connectivity index (χ4v) is 1.96. The highest BCUT2D eigenvalue weighted by atomic mass is 79.9. The van der Waals surface area contributed by atoms with Crippen molar-refractivity contribution < 1.29 is 9.90 Å². The van der Waals surface area contributed by atoms with Crippen molar-refractivity contribution in [3.05, 3.63) is 42.0 Å². The Labute approximate surface area is 115 Å². The van der Waals surface area contributed by atoms with Gasteiger partial charge in [0, 0.05) is 11.8 Å². The number of rotatable bonds is 3. The third-order valence-electron chi connectivity index (χ3n) is 2.95. The molecule has 0 saturated heterocycles. The first-order valence-electron chi connectivity index (χ1n) is 5.81. The maximum absolute atomic E-state index is 11.9. The monoisotopic (exact) mass is 306 g/mol. The van der Waals surface area contributed by atoms with Gasteiger partial charge in [-0.2, -0.15) is 0 Å². The largest absolute Gasteiger partial charge is 0.507 e. The topological polar surface area (TPSA) is 37.3 Å². The summed E-state index contributed by atoms with van der Waals surface area (Å²) in [7, 11) is 0. The van der Waals surface area contributed by atoms with Gasteiger partial charge < -0.3 is 5.11 Å². The maximum atomic E-state index is 11.9. The minimum Gasteiger partial charge on any atom is -0.507 e. The molecule has 0 aliphatic carbocycles. The zero-order chi connectivity index (χ0) is 13.3. The lowest BCUT2D eigenvalue weighted by molar-refractivity contribution is -0.119. The number of carbonyl (C=O) groups is 1. The molecule has 0 fully saturated rings. The van der Waals surface area contributed by atoms with Crippen LogP contribution in [0.3, 0.4) is 0 Å². The van der Waals surface area contributed by atoms with E-state index in [-0.39, 0.29) is 11.5 Å². The van der Waals surface area contributed by atoms with Crippen molar-refractivity contribution in [1.82, 2.24) is 0 Å². The molecule has 1 N–H and O–H groups in total. The number of aromatic hydroxyl groups is 1. The van der Waals surface area contributed by atoms with Crippen LogP contribution in [0.25, 0.3) is 10.8 Å². The van der Waals surface area contributed by atoms with Crippen LogP contribution < -0.4 is 0 Å². The van der Waals surface area contributed by atoms with Crippen LogP contribution in [0.1, 0.15) is 19.4 Å². The van der Waals surface area contributed by atoms with Gasteiger partial charge in [-0.25, -0.2) is 0 Å². The number of phenols is 1. The number of benzene rings is 2. The van der Waals surface area contributed by atoms with Crippen molar-refractivity contribution in [2.24, 2.45) is 0 Å². The Hall–Kier alpha value is -1.35. The molecule has 2 rings (SSSR count). The van der Waals surface area contributed by atoms with E-state index in [1.165, 1.54) is 0 Å². The summed E-state index contributed by atoms with van der Waals surface area (Å²) < 4.78 is -0.499. The first kappa shape index (κ1) is 13.1. The summed E-state index contributed by atoms with van der Waals surface area (Å²) in [5.74, 6) is 0.410. The molecule has 2 nitrogen and oxygen atoms in total. The number of carbonyl (C=O) groups excluding carboxylic acids is 1. The molecule has 0 aromatic heterocycles. The standard InChI is InChI=1S/C15H15BrO2/c1-15(2,16)14(18)9-10-6-7-12-11(8-10)4-3-5-13(12)17/h3-8,17H,9H2,1-2H3. The van der Waals surface area contributed by atoms with Crippen molar-refractivity contribution in [2.45, 2.75) is 24.6 Å². The van der Waals surface area contributed by atoms with Crippen LogP contribution in [-0.2, 0) is 11.2 Å². The van der Waals surface area contributed by atoms with E-state index in [9.17, 15) is 9.90 Å². The molecule has 18 heavy (non-hydrogen) atoms. The summed E-state index contributed by atoms with van der Waals surface area (Å²) in [5.41, 5.74) is 0.964. The first-order valence-corrected chi connectivity index (χ1v) is 6.60. The highest BCUT2D eigenvalue weighted by molar-refractivity contribution is 9.10. The second-order valence-corrected chi connectivity index (χ2v) is 6.89. The zero-order valence-corrected chi connectivity index (χ0v) is 12.0. The SMILES string of the molecule is CC(C)(Br)C(=O)Cc1ccc2c(O)cccc2c1. The summed E-state index contributed by atoms with van der Waals surface area (Å²) in [6, 6.07) is 11.1. The van der Waals surface area contributed by atoms with Gasteiger partial charge in [0.2, 0.25) is 0 Å². The van der Waals surface area contributed by atoms with Gasteiger partial charge in [0.25, 0.3) is 0 Å². The van der Waals surface area contributed by atoms with Gasteiger partial charge in [-0.05, 0) is 30.9 Å². The molecule has 0 unspecified atom stereocenters. The minimum atomic E-state index is -0.499. The molecule has 94 valence electrons. The third-order valence-corrected chi connectivity index (χ3v) is 3.39. The maximum Gasteiger partial charge on any atom is 0.153 e. The van der Waals surface area contributed by atoms with E-state index in [1.807, 2.05) is 38.1 Å². The lowest BCUT2D eigenvalue weighted by Gasteiger charge is -2.14. The Kier molecular flexibility index (Phi) is 3.44. The van der Waals surface area contributed by atoms with Crippen molar-refractivity contribution >= 4 is 32.5 Å². The minimum absolute atomic E-state index is 0.141. The molecular weight excluding hydrogens is 292 g/mol. The Morgan fingerprint density at radius 2 is 2.00 bits per heavy atom. The molecule has 0 bridgehead atoms. The van der Waals surface area contributed by atoms with Gasteiger partial charge in [0.05, 0.1) is 4.32 Å². The molecule has 0 atom stereocenters. The van der Waals surface area contributed by atoms with E-state index in [1.54, 1.807) is 12.1 Å². The fraction of sp³-hybridized carbons (Fsp3) is 0.267. The second-order valence-electron chi connectivity index (χ2n) is 4.91. The van der Waals surface area contributed by atoms with Gasteiger partial charge >= 0.3 is 0 Å². The zero-order valence-electron chi connectivity index (χ0n) is 10.4. The molecule has 0 aliphatic heterocycles. The van der Waals surface area contributed by atoms with E-state index < -0.39 is 4.32 Å². The van der Waals surface area contributed by atoms with E-state index in [0.29, 0.717) is 6.42 Å². The van der Waals surface area contributed by atoms with Crippen LogP contribution in [0.15, 0.2) is 36.4 Å². The van der Waals surface area contributed by atoms with Crippen LogP contribution >= 0.6 is 15.9 Å². The Bertz CT molecular complexity index is 597. The lowest BCUT2D eigenvalue weighted by atomic mass is 9.98. The van der Waals surface area contributed by atoms with Crippen molar-refractivity contribution in [3.63, 3.8) is 0 Å². The smallest absolute Gasteiger partial charge is 0.153 e. The molecule has 0 amide bonds. The van der Waals surface area contributed by atoms with Gasteiger partial charge in [0.1, 0.15) is 5.75 Å². The number of fused-ring (bicyclic) bond motifs is 1. The normalized spacial score (nSPS) is 11.7. The highest BCUT2D eigenvalue weighted by Crippen LogP contribution is 2.26. The van der Waals surface area contributed by atoms with Crippen LogP contribution in [0.4, 0.5) is 0 Å². The number of hydrogen-bond acceptors (Lipinski definition) is 2. The molecule has 0 heterocycles. The van der Waals surface area contributed by atoms with Crippen molar-refractivity contribution in [2.75, 3.05) is 0 Å². The molecule has 0 spiro atoms. The van der Waals surface area contributed by atoms with Gasteiger partial charge in [-0.3, -0.25) is 4.79 Å². The predicted octanol–water partition coefficient (Wildman–Crippen LogP) is 3.83. The van der Waals surface area contributed by atoms with Gasteiger partial charge in [0.15, 0.2) is 5.78 Å². The summed E-state index contributed by atoms with van der Waals surface area (Å²) in [4.78, 5) is 11.9. The number of Topliss-reactive ketones (excluding diaryl/α,β-unsaturated/α-hetero) is 1. The number of alkyl halides is 1. The van der Waals surface area contributed by atoms with Crippen molar-refractivity contribution in [3.8, 4) is 5.75 Å². The third kappa shape index (κ3) is 2.72. The number of phenolic OH excluding ortho intramolecular Hbond substituents is 1. The van der Waals surface area contributed by atoms with Crippen LogP contribution in [0, 0.1) is 0 Å². The quantitative estimate of drug-likeness (QED) is 0.875. The summed E-state index contributed by atoms with van der Waals surface area (Å²) in [6.45, 7) is 3.70. The molecule has 0 radical (unpaired) electrons. The fourth-order valence-electron chi connectivity index (χ4n) is 1.82. The Balaban J connectivity index is 2.34. The van der Waals surface area contributed by atoms with Crippen LogP contribution in [0.2, 0.25) is 0 Å². The lowest BCUT2D eigenvalue weighted by Crippen LogP contribution is -2.25. The Morgan fingerprint density at radius 1 is 1.28 bits per heavy atom. The van der Waals surface area contributed by atoms with Crippen LogP contribution in [0.5, 0.6) is 5.75 Å². The number of halogens is 1. The van der Waals surface area contributed by atoms with E-state index in [0.717, 1.165) is 16.3 Å². The molecule has 2 aromatic carbocycles. The average Bonchev–Trinajstić information content (AvgIpc) is 2.28. The van der Waals surface area contributed by atoms with Gasteiger partial charge in [-0.15, -0.1) is 0 Å². The molecule has 2 aromatic rings. The van der Waals surface area contributed by atoms with Crippen molar-refractivity contribution in [1.29, 1.82) is 0 Å². The molecule has 0 aliphatic rings. The predicted molar refractivity (Wildman–Crippen MR) is 77.3 cm³/mol. The Morgan fingerprint density at radius 3 is 2.67 bits per heavy atom.